The van der Waals surface area contributed by atoms with Gasteiger partial charge in [0.25, 0.3) is 5.91 Å². The Morgan fingerprint density at radius 3 is 2.54 bits per heavy atom. The summed E-state index contributed by atoms with van der Waals surface area (Å²) in [5.74, 6) is -0.331. The summed E-state index contributed by atoms with van der Waals surface area (Å²) in [6.45, 7) is 3.02. The van der Waals surface area contributed by atoms with Crippen LogP contribution in [0.3, 0.4) is 0 Å². The van der Waals surface area contributed by atoms with Gasteiger partial charge in [-0.15, -0.1) is 11.3 Å². The molecule has 4 nitrogen and oxygen atoms in total. The molecule has 2 atom stereocenters. The summed E-state index contributed by atoms with van der Waals surface area (Å²) in [4.78, 5) is 25.0. The lowest BCUT2D eigenvalue weighted by molar-refractivity contribution is 0.0928. The lowest BCUT2D eigenvalue weighted by Crippen LogP contribution is -2.49. The molecule has 1 aliphatic heterocycles. The van der Waals surface area contributed by atoms with E-state index >= 15 is 0 Å². The number of thiophene rings is 1. The summed E-state index contributed by atoms with van der Waals surface area (Å²) >= 11 is 1.21. The Hall–Kier alpha value is -2.05. The van der Waals surface area contributed by atoms with Gasteiger partial charge < -0.3 is 10.6 Å². The van der Waals surface area contributed by atoms with Crippen molar-refractivity contribution in [1.82, 2.24) is 10.6 Å². The summed E-state index contributed by atoms with van der Waals surface area (Å²) in [5.41, 5.74) is 1.03. The van der Waals surface area contributed by atoms with Gasteiger partial charge in [-0.2, -0.15) is 0 Å². The second-order valence-corrected chi connectivity index (χ2v) is 7.03. The summed E-state index contributed by atoms with van der Waals surface area (Å²) in [6.07, 6.45) is 0.875. The molecule has 0 aliphatic carbocycles. The van der Waals surface area contributed by atoms with Gasteiger partial charge in [-0.1, -0.05) is 12.1 Å². The minimum absolute atomic E-state index is 0.0393. The van der Waals surface area contributed by atoms with Crippen LogP contribution in [0.5, 0.6) is 0 Å². The van der Waals surface area contributed by atoms with Crippen molar-refractivity contribution >= 4 is 23.0 Å². The van der Waals surface area contributed by atoms with Crippen molar-refractivity contribution in [2.24, 2.45) is 0 Å². The van der Waals surface area contributed by atoms with E-state index < -0.39 is 0 Å². The third kappa shape index (κ3) is 3.71. The molecule has 2 unspecified atom stereocenters. The Morgan fingerprint density at radius 1 is 1.17 bits per heavy atom. The number of carbonyl (C=O) groups excluding carboxylic acids is 2. The van der Waals surface area contributed by atoms with Gasteiger partial charge in [-0.25, -0.2) is 4.39 Å². The number of hydrogen-bond donors (Lipinski definition) is 2. The van der Waals surface area contributed by atoms with E-state index in [4.69, 9.17) is 0 Å². The molecule has 1 aliphatic rings. The zero-order valence-corrected chi connectivity index (χ0v) is 14.2. The molecule has 126 valence electrons. The van der Waals surface area contributed by atoms with Crippen molar-refractivity contribution in [3.8, 4) is 0 Å². The number of carbonyl (C=O) groups is 2. The number of nitrogens with one attached hydrogen (secondary N) is 2. The normalized spacial score (nSPS) is 20.6. The Morgan fingerprint density at radius 2 is 1.88 bits per heavy atom. The predicted molar refractivity (Wildman–Crippen MR) is 92.2 cm³/mol. The monoisotopic (exact) mass is 346 g/mol. The lowest BCUT2D eigenvalue weighted by Gasteiger charge is -2.33. The van der Waals surface area contributed by atoms with Gasteiger partial charge in [0.05, 0.1) is 9.75 Å². The minimum atomic E-state index is -0.261. The molecule has 0 radical (unpaired) electrons. The molecule has 2 aromatic rings. The molecule has 24 heavy (non-hydrogen) atoms. The van der Waals surface area contributed by atoms with Crippen molar-refractivity contribution in [1.29, 1.82) is 0 Å². The van der Waals surface area contributed by atoms with Crippen LogP contribution >= 0.6 is 11.3 Å². The first kappa shape index (κ1) is 16.8. The fraction of sp³-hybridized carbons (Fsp3) is 0.333. The van der Waals surface area contributed by atoms with E-state index in [-0.39, 0.29) is 29.5 Å². The standard InChI is InChI=1S/C18H19FN2O2S/c1-11(22)16-6-7-17(24-16)18(23)21-15-10-20-9-8-14(15)12-2-4-13(19)5-3-12/h2-7,14-15,20H,8-10H2,1H3,(H,21,23). The van der Waals surface area contributed by atoms with Crippen LogP contribution in [0.25, 0.3) is 0 Å². The number of piperidine rings is 1. The second kappa shape index (κ2) is 7.23. The largest absolute Gasteiger partial charge is 0.347 e. The first-order valence-corrected chi connectivity index (χ1v) is 8.74. The van der Waals surface area contributed by atoms with Crippen LogP contribution in [0.2, 0.25) is 0 Å². The minimum Gasteiger partial charge on any atom is -0.347 e. The summed E-state index contributed by atoms with van der Waals surface area (Å²) in [6, 6.07) is 9.76. The molecular weight excluding hydrogens is 327 g/mol. The van der Waals surface area contributed by atoms with Crippen LogP contribution in [0, 0.1) is 5.82 Å². The van der Waals surface area contributed by atoms with Gasteiger partial charge in [0.15, 0.2) is 5.78 Å². The fourth-order valence-corrected chi connectivity index (χ4v) is 3.81. The number of benzene rings is 1. The molecule has 1 saturated heterocycles. The average Bonchev–Trinajstić information content (AvgIpc) is 3.07. The van der Waals surface area contributed by atoms with Gasteiger partial charge >= 0.3 is 0 Å². The van der Waals surface area contributed by atoms with E-state index in [1.165, 1.54) is 30.4 Å². The third-order valence-corrected chi connectivity index (χ3v) is 5.46. The Bertz CT molecular complexity index is 742. The molecule has 0 bridgehead atoms. The molecule has 1 aromatic heterocycles. The second-order valence-electron chi connectivity index (χ2n) is 5.95. The maximum Gasteiger partial charge on any atom is 0.261 e. The van der Waals surface area contributed by atoms with E-state index in [0.717, 1.165) is 18.5 Å². The van der Waals surface area contributed by atoms with Crippen LogP contribution < -0.4 is 10.6 Å². The van der Waals surface area contributed by atoms with Crippen LogP contribution in [0.15, 0.2) is 36.4 Å². The van der Waals surface area contributed by atoms with E-state index in [1.54, 1.807) is 24.3 Å². The Labute approximate surface area is 144 Å². The van der Waals surface area contributed by atoms with Crippen LogP contribution in [0.1, 0.15) is 44.2 Å². The number of amides is 1. The molecule has 1 fully saturated rings. The zero-order valence-electron chi connectivity index (χ0n) is 13.3. The fourth-order valence-electron chi connectivity index (χ4n) is 3.01. The molecule has 0 saturated carbocycles. The molecule has 6 heteroatoms. The summed E-state index contributed by atoms with van der Waals surface area (Å²) in [7, 11) is 0. The van der Waals surface area contributed by atoms with Crippen molar-refractivity contribution in [2.75, 3.05) is 13.1 Å². The SMILES string of the molecule is CC(=O)c1ccc(C(=O)NC2CNCCC2c2ccc(F)cc2)s1. The summed E-state index contributed by atoms with van der Waals surface area (Å²) < 4.78 is 13.1. The van der Waals surface area contributed by atoms with Gasteiger partial charge in [-0.3, -0.25) is 9.59 Å². The van der Waals surface area contributed by atoms with Crippen LogP contribution in [0.4, 0.5) is 4.39 Å². The quantitative estimate of drug-likeness (QED) is 0.837. The molecule has 3 rings (SSSR count). The topological polar surface area (TPSA) is 58.2 Å². The van der Waals surface area contributed by atoms with E-state index in [9.17, 15) is 14.0 Å². The smallest absolute Gasteiger partial charge is 0.261 e. The van der Waals surface area contributed by atoms with Crippen LogP contribution in [-0.4, -0.2) is 30.8 Å². The van der Waals surface area contributed by atoms with Crippen molar-refractivity contribution in [2.45, 2.75) is 25.3 Å². The third-order valence-electron chi connectivity index (χ3n) is 4.27. The predicted octanol–water partition coefficient (Wildman–Crippen LogP) is 2.97. The number of ketones is 1. The Balaban J connectivity index is 1.74. The highest BCUT2D eigenvalue weighted by atomic mass is 32.1. The van der Waals surface area contributed by atoms with E-state index in [0.29, 0.717) is 16.3 Å². The van der Waals surface area contributed by atoms with Crippen LogP contribution in [-0.2, 0) is 0 Å². The van der Waals surface area contributed by atoms with Crippen molar-refractivity contribution in [3.63, 3.8) is 0 Å². The number of Topliss-reactive ketones (excluding diaryl/α,β-unsaturated/α-hetero) is 1. The molecular formula is C18H19FN2O2S. The maximum absolute atomic E-state index is 13.1. The zero-order chi connectivity index (χ0) is 17.1. The first-order chi connectivity index (χ1) is 11.5. The van der Waals surface area contributed by atoms with E-state index in [2.05, 4.69) is 10.6 Å². The molecule has 1 amide bonds. The van der Waals surface area contributed by atoms with Crippen molar-refractivity contribution < 1.29 is 14.0 Å². The number of halogens is 1. The van der Waals surface area contributed by atoms with Gasteiger partial charge in [0, 0.05) is 18.5 Å². The van der Waals surface area contributed by atoms with E-state index in [1.807, 2.05) is 0 Å². The first-order valence-electron chi connectivity index (χ1n) is 7.92. The lowest BCUT2D eigenvalue weighted by atomic mass is 9.86. The molecule has 1 aromatic carbocycles. The highest BCUT2D eigenvalue weighted by molar-refractivity contribution is 7.15. The number of rotatable bonds is 4. The molecule has 0 spiro atoms. The maximum atomic E-state index is 13.1. The van der Waals surface area contributed by atoms with Gasteiger partial charge in [0.2, 0.25) is 0 Å². The number of hydrogen-bond acceptors (Lipinski definition) is 4. The highest BCUT2D eigenvalue weighted by Gasteiger charge is 2.28. The van der Waals surface area contributed by atoms with Crippen molar-refractivity contribution in [3.05, 3.63) is 57.5 Å². The van der Waals surface area contributed by atoms with Gasteiger partial charge in [0.1, 0.15) is 5.82 Å². The van der Waals surface area contributed by atoms with Gasteiger partial charge in [-0.05, 0) is 49.7 Å². The average molecular weight is 346 g/mol. The Kier molecular flexibility index (Phi) is 5.06. The highest BCUT2D eigenvalue weighted by Crippen LogP contribution is 2.26. The summed E-state index contributed by atoms with van der Waals surface area (Å²) in [5, 5.41) is 6.34. The molecule has 2 heterocycles. The molecule has 2 N–H and O–H groups in total.